The summed E-state index contributed by atoms with van der Waals surface area (Å²) < 4.78 is 11.5. The zero-order valence-electron chi connectivity index (χ0n) is 31.1. The second kappa shape index (κ2) is 13.1. The normalized spacial score (nSPS) is 11.9. The fourth-order valence-corrected chi connectivity index (χ4v) is 9.90. The van der Waals surface area contributed by atoms with Gasteiger partial charge in [0.05, 0.1) is 16.7 Å². The molecule has 0 amide bonds. The van der Waals surface area contributed by atoms with Gasteiger partial charge in [-0.3, -0.25) is 0 Å². The average molecular weight is 761 g/mol. The van der Waals surface area contributed by atoms with Crippen LogP contribution in [0.15, 0.2) is 186 Å². The molecule has 0 aliphatic carbocycles. The van der Waals surface area contributed by atoms with Crippen LogP contribution in [0.5, 0.6) is 0 Å². The molecule has 0 atom stereocenters. The molecular formula is C52H32N4OS. The van der Waals surface area contributed by atoms with E-state index < -0.39 is 0 Å². The van der Waals surface area contributed by atoms with E-state index in [1.807, 2.05) is 47.7 Å². The summed E-state index contributed by atoms with van der Waals surface area (Å²) in [7, 11) is 0. The van der Waals surface area contributed by atoms with Crippen molar-refractivity contribution in [3.8, 4) is 39.9 Å². The highest BCUT2D eigenvalue weighted by atomic mass is 32.1. The summed E-state index contributed by atoms with van der Waals surface area (Å²) in [6.45, 7) is 0. The van der Waals surface area contributed by atoms with Gasteiger partial charge < -0.3 is 8.98 Å². The molecule has 8 aromatic carbocycles. The number of aromatic nitrogens is 4. The van der Waals surface area contributed by atoms with E-state index in [9.17, 15) is 0 Å². The zero-order chi connectivity index (χ0) is 38.2. The quantitative estimate of drug-likeness (QED) is 0.169. The van der Waals surface area contributed by atoms with E-state index in [2.05, 4.69) is 150 Å². The second-order valence-electron chi connectivity index (χ2n) is 14.7. The Bertz CT molecular complexity index is 3440. The predicted molar refractivity (Wildman–Crippen MR) is 240 cm³/mol. The van der Waals surface area contributed by atoms with Gasteiger partial charge >= 0.3 is 0 Å². The van der Waals surface area contributed by atoms with Crippen LogP contribution in [0.25, 0.3) is 104 Å². The molecule has 0 fully saturated rings. The molecule has 0 saturated carbocycles. The Balaban J connectivity index is 1.00. The van der Waals surface area contributed by atoms with E-state index in [-0.39, 0.29) is 0 Å². The Morgan fingerprint density at radius 1 is 0.466 bits per heavy atom. The van der Waals surface area contributed by atoms with Crippen molar-refractivity contribution in [2.24, 2.45) is 0 Å². The van der Waals surface area contributed by atoms with Crippen LogP contribution in [0.2, 0.25) is 0 Å². The zero-order valence-corrected chi connectivity index (χ0v) is 31.9. The van der Waals surface area contributed by atoms with Gasteiger partial charge in [-0.05, 0) is 60.0 Å². The van der Waals surface area contributed by atoms with Crippen LogP contribution in [-0.4, -0.2) is 19.5 Å². The Morgan fingerprint density at radius 2 is 1.05 bits per heavy atom. The van der Waals surface area contributed by atoms with Crippen molar-refractivity contribution in [3.63, 3.8) is 0 Å². The van der Waals surface area contributed by atoms with E-state index in [0.717, 1.165) is 61.8 Å². The maximum atomic E-state index is 6.74. The standard InChI is InChI=1S/C52H32N4OS/c1-3-14-33(15-4-1)50-53-51(34-16-5-2-6-17-34)55-52(54-50)39-22-13-27-46-48(39)47-35(18-11-26-45(47)58-46)30-32-28-29-44-40(31-32)38-21-12-25-43(49(38)57-44)56-41-23-9-7-19-36(41)37-20-8-10-24-42(37)56/h1-29,31H,30H2. The molecule has 6 heteroatoms. The van der Waals surface area contributed by atoms with Crippen molar-refractivity contribution in [3.05, 3.63) is 193 Å². The van der Waals surface area contributed by atoms with Crippen molar-refractivity contribution in [1.82, 2.24) is 19.5 Å². The highest BCUT2D eigenvalue weighted by molar-refractivity contribution is 7.26. The molecule has 0 saturated heterocycles. The fourth-order valence-electron chi connectivity index (χ4n) is 8.72. The summed E-state index contributed by atoms with van der Waals surface area (Å²) in [4.78, 5) is 15.2. The SMILES string of the molecule is c1ccc(-c2nc(-c3ccccc3)nc(-c3cccc4sc5cccc(Cc6ccc7oc8c(-n9c%10ccccc%10c%10ccccc%109)cccc8c7c6)c5c34)n2)cc1. The number of hydrogen-bond acceptors (Lipinski definition) is 5. The first-order valence-electron chi connectivity index (χ1n) is 19.5. The monoisotopic (exact) mass is 760 g/mol. The van der Waals surface area contributed by atoms with Crippen molar-refractivity contribution in [2.45, 2.75) is 6.42 Å². The molecule has 0 bridgehead atoms. The Labute approximate surface area is 337 Å². The molecule has 58 heavy (non-hydrogen) atoms. The molecule has 4 heterocycles. The number of benzene rings is 8. The lowest BCUT2D eigenvalue weighted by Gasteiger charge is -2.11. The van der Waals surface area contributed by atoms with Crippen molar-refractivity contribution in [2.75, 3.05) is 0 Å². The highest BCUT2D eigenvalue weighted by Crippen LogP contribution is 2.43. The maximum absolute atomic E-state index is 6.74. The molecule has 0 unspecified atom stereocenters. The number of rotatable bonds is 6. The second-order valence-corrected chi connectivity index (χ2v) is 15.8. The minimum Gasteiger partial charge on any atom is -0.454 e. The van der Waals surface area contributed by atoms with Gasteiger partial charge in [0.15, 0.2) is 23.1 Å². The lowest BCUT2D eigenvalue weighted by atomic mass is 9.96. The Hall–Kier alpha value is -7.41. The summed E-state index contributed by atoms with van der Waals surface area (Å²) in [6.07, 6.45) is 0.758. The van der Waals surface area contributed by atoms with Gasteiger partial charge in [-0.2, -0.15) is 0 Å². The molecular weight excluding hydrogens is 729 g/mol. The van der Waals surface area contributed by atoms with Gasteiger partial charge in [-0.1, -0.05) is 140 Å². The minimum atomic E-state index is 0.656. The summed E-state index contributed by atoms with van der Waals surface area (Å²) in [5, 5.41) is 7.10. The number of thiophene rings is 1. The predicted octanol–water partition coefficient (Wildman–Crippen LogP) is 13.8. The number of hydrogen-bond donors (Lipinski definition) is 0. The third-order valence-corrected chi connectivity index (χ3v) is 12.4. The number of furan rings is 1. The lowest BCUT2D eigenvalue weighted by Crippen LogP contribution is -2.00. The third kappa shape index (κ3) is 5.19. The Kier molecular flexibility index (Phi) is 7.40. The van der Waals surface area contributed by atoms with E-state index in [1.54, 1.807) is 0 Å². The van der Waals surface area contributed by atoms with Crippen molar-refractivity contribution < 1.29 is 4.42 Å². The lowest BCUT2D eigenvalue weighted by molar-refractivity contribution is 0.666. The van der Waals surface area contributed by atoms with Gasteiger partial charge in [0, 0.05) is 58.4 Å². The first-order valence-corrected chi connectivity index (χ1v) is 20.3. The van der Waals surface area contributed by atoms with Crippen molar-refractivity contribution >= 4 is 75.3 Å². The van der Waals surface area contributed by atoms with Gasteiger partial charge in [0.1, 0.15) is 5.58 Å². The molecule has 272 valence electrons. The summed E-state index contributed by atoms with van der Waals surface area (Å²) in [6, 6.07) is 63.9. The van der Waals surface area contributed by atoms with Crippen molar-refractivity contribution in [1.29, 1.82) is 0 Å². The van der Waals surface area contributed by atoms with Gasteiger partial charge in [-0.15, -0.1) is 11.3 Å². The molecule has 0 aliphatic heterocycles. The average Bonchev–Trinajstić information content (AvgIpc) is 3.97. The topological polar surface area (TPSA) is 56.7 Å². The first-order chi connectivity index (χ1) is 28.7. The summed E-state index contributed by atoms with van der Waals surface area (Å²) in [5.74, 6) is 1.98. The summed E-state index contributed by atoms with van der Waals surface area (Å²) in [5.41, 5.74) is 10.5. The minimum absolute atomic E-state index is 0.656. The van der Waals surface area contributed by atoms with Gasteiger partial charge in [-0.25, -0.2) is 15.0 Å². The first kappa shape index (κ1) is 32.8. The molecule has 12 rings (SSSR count). The van der Waals surface area contributed by atoms with Crippen LogP contribution in [0.3, 0.4) is 0 Å². The molecule has 0 radical (unpaired) electrons. The largest absolute Gasteiger partial charge is 0.454 e. The van der Waals surface area contributed by atoms with Gasteiger partial charge in [0.2, 0.25) is 0 Å². The smallest absolute Gasteiger partial charge is 0.164 e. The maximum Gasteiger partial charge on any atom is 0.164 e. The van der Waals surface area contributed by atoms with E-state index in [0.29, 0.717) is 17.5 Å². The number of nitrogens with zero attached hydrogens (tertiary/aromatic N) is 4. The van der Waals surface area contributed by atoms with Crippen LogP contribution < -0.4 is 0 Å². The van der Waals surface area contributed by atoms with Crippen LogP contribution in [-0.2, 0) is 6.42 Å². The van der Waals surface area contributed by atoms with Gasteiger partial charge in [0.25, 0.3) is 0 Å². The number of para-hydroxylation sites is 3. The van der Waals surface area contributed by atoms with E-state index in [1.165, 1.54) is 42.1 Å². The van der Waals surface area contributed by atoms with Crippen LogP contribution >= 0.6 is 11.3 Å². The summed E-state index contributed by atoms with van der Waals surface area (Å²) >= 11 is 1.82. The van der Waals surface area contributed by atoms with Crippen LogP contribution in [0.4, 0.5) is 0 Å². The number of fused-ring (bicyclic) bond motifs is 9. The highest BCUT2D eigenvalue weighted by Gasteiger charge is 2.20. The molecule has 4 aromatic heterocycles. The van der Waals surface area contributed by atoms with E-state index >= 15 is 0 Å². The van der Waals surface area contributed by atoms with Crippen LogP contribution in [0, 0.1) is 0 Å². The molecule has 0 aliphatic rings. The Morgan fingerprint density at radius 3 is 1.76 bits per heavy atom. The molecule has 12 aromatic rings. The third-order valence-electron chi connectivity index (χ3n) is 11.3. The fraction of sp³-hybridized carbons (Fsp3) is 0.0192. The molecule has 0 N–H and O–H groups in total. The van der Waals surface area contributed by atoms with Crippen LogP contribution in [0.1, 0.15) is 11.1 Å². The molecule has 5 nitrogen and oxygen atoms in total. The molecule has 0 spiro atoms. The van der Waals surface area contributed by atoms with E-state index in [4.69, 9.17) is 19.4 Å².